The predicted molar refractivity (Wildman–Crippen MR) is 77.5 cm³/mol. The van der Waals surface area contributed by atoms with Gasteiger partial charge in [-0.2, -0.15) is 0 Å². The Morgan fingerprint density at radius 1 is 1.25 bits per heavy atom. The van der Waals surface area contributed by atoms with Crippen LogP contribution in [0.1, 0.15) is 23.7 Å². The standard InChI is InChI=1S/C15H22N2O3/c1-4-5-17(12-9-16-10-12)15(18)11-6-13(19-2)8-14(7-11)20-3/h6-8,12,16H,4-5,9-10H2,1-3H3. The van der Waals surface area contributed by atoms with Gasteiger partial charge in [-0.15, -0.1) is 0 Å². The van der Waals surface area contributed by atoms with Crippen molar-refractivity contribution in [1.82, 2.24) is 10.2 Å². The first-order valence-electron chi connectivity index (χ1n) is 6.94. The second kappa shape index (κ2) is 6.61. The smallest absolute Gasteiger partial charge is 0.254 e. The number of ether oxygens (including phenoxy) is 2. The van der Waals surface area contributed by atoms with Crippen molar-refractivity contribution in [2.45, 2.75) is 19.4 Å². The highest BCUT2D eigenvalue weighted by molar-refractivity contribution is 5.95. The maximum absolute atomic E-state index is 12.7. The Hall–Kier alpha value is -1.75. The topological polar surface area (TPSA) is 50.8 Å². The minimum absolute atomic E-state index is 0.0375. The molecule has 0 unspecified atom stereocenters. The highest BCUT2D eigenvalue weighted by atomic mass is 16.5. The van der Waals surface area contributed by atoms with Gasteiger partial charge in [-0.25, -0.2) is 0 Å². The number of carbonyl (C=O) groups excluding carboxylic acids is 1. The summed E-state index contributed by atoms with van der Waals surface area (Å²) in [6.07, 6.45) is 0.948. The normalized spacial score (nSPS) is 14.6. The lowest BCUT2D eigenvalue weighted by molar-refractivity contribution is 0.0615. The summed E-state index contributed by atoms with van der Waals surface area (Å²) >= 11 is 0. The van der Waals surface area contributed by atoms with Crippen molar-refractivity contribution >= 4 is 5.91 Å². The van der Waals surface area contributed by atoms with Crippen molar-refractivity contribution in [3.8, 4) is 11.5 Å². The van der Waals surface area contributed by atoms with Crippen LogP contribution in [0.4, 0.5) is 0 Å². The molecule has 2 rings (SSSR count). The van der Waals surface area contributed by atoms with Gasteiger partial charge in [0, 0.05) is 31.3 Å². The minimum Gasteiger partial charge on any atom is -0.497 e. The number of hydrogen-bond donors (Lipinski definition) is 1. The molecule has 5 heteroatoms. The molecule has 1 aliphatic heterocycles. The summed E-state index contributed by atoms with van der Waals surface area (Å²) in [5, 5.41) is 3.21. The zero-order valence-corrected chi connectivity index (χ0v) is 12.3. The minimum atomic E-state index is 0.0375. The summed E-state index contributed by atoms with van der Waals surface area (Å²) in [6, 6.07) is 5.59. The molecule has 0 aromatic heterocycles. The molecule has 1 saturated heterocycles. The van der Waals surface area contributed by atoms with Crippen molar-refractivity contribution < 1.29 is 14.3 Å². The average Bonchev–Trinajstić information content (AvgIpc) is 2.43. The molecule has 0 radical (unpaired) electrons. The molecule has 1 amide bonds. The van der Waals surface area contributed by atoms with Crippen LogP contribution in [0.3, 0.4) is 0 Å². The molecule has 1 fully saturated rings. The van der Waals surface area contributed by atoms with Gasteiger partial charge in [0.1, 0.15) is 11.5 Å². The third-order valence-electron chi connectivity index (χ3n) is 3.52. The molecule has 1 heterocycles. The van der Waals surface area contributed by atoms with E-state index in [0.717, 1.165) is 26.1 Å². The largest absolute Gasteiger partial charge is 0.497 e. The van der Waals surface area contributed by atoms with Gasteiger partial charge in [0.25, 0.3) is 5.91 Å². The summed E-state index contributed by atoms with van der Waals surface area (Å²) in [5.41, 5.74) is 0.613. The van der Waals surface area contributed by atoms with Gasteiger partial charge in [0.15, 0.2) is 0 Å². The highest BCUT2D eigenvalue weighted by Crippen LogP contribution is 2.24. The second-order valence-electron chi connectivity index (χ2n) is 4.91. The lowest BCUT2D eigenvalue weighted by Gasteiger charge is -2.38. The summed E-state index contributed by atoms with van der Waals surface area (Å²) in [7, 11) is 3.17. The van der Waals surface area contributed by atoms with Crippen LogP contribution in [0.2, 0.25) is 0 Å². The molecule has 0 atom stereocenters. The van der Waals surface area contributed by atoms with E-state index in [9.17, 15) is 4.79 Å². The number of nitrogens with one attached hydrogen (secondary N) is 1. The third kappa shape index (κ3) is 3.04. The third-order valence-corrected chi connectivity index (χ3v) is 3.52. The van der Waals surface area contributed by atoms with Gasteiger partial charge in [0.2, 0.25) is 0 Å². The second-order valence-corrected chi connectivity index (χ2v) is 4.91. The molecule has 110 valence electrons. The molecule has 0 aliphatic carbocycles. The maximum Gasteiger partial charge on any atom is 0.254 e. The number of carbonyl (C=O) groups is 1. The average molecular weight is 278 g/mol. The molecule has 1 N–H and O–H groups in total. The fraction of sp³-hybridized carbons (Fsp3) is 0.533. The molecule has 0 saturated carbocycles. The Labute approximate surface area is 119 Å². The van der Waals surface area contributed by atoms with Crippen LogP contribution < -0.4 is 14.8 Å². The fourth-order valence-electron chi connectivity index (χ4n) is 2.28. The molecule has 1 aromatic rings. The lowest BCUT2D eigenvalue weighted by Crippen LogP contribution is -2.59. The van der Waals surface area contributed by atoms with E-state index < -0.39 is 0 Å². The van der Waals surface area contributed by atoms with Crippen molar-refractivity contribution in [3.63, 3.8) is 0 Å². The van der Waals surface area contributed by atoms with Gasteiger partial charge >= 0.3 is 0 Å². The van der Waals surface area contributed by atoms with E-state index in [-0.39, 0.29) is 5.91 Å². The predicted octanol–water partition coefficient (Wildman–Crippen LogP) is 1.53. The summed E-state index contributed by atoms with van der Waals surface area (Å²) in [4.78, 5) is 14.6. The van der Waals surface area contributed by atoms with E-state index in [1.54, 1.807) is 32.4 Å². The van der Waals surface area contributed by atoms with E-state index in [1.807, 2.05) is 4.90 Å². The summed E-state index contributed by atoms with van der Waals surface area (Å²) in [5.74, 6) is 1.31. The van der Waals surface area contributed by atoms with Crippen LogP contribution in [-0.2, 0) is 0 Å². The number of rotatable bonds is 6. The molecule has 0 bridgehead atoms. The van der Waals surface area contributed by atoms with Crippen molar-refractivity contribution in [3.05, 3.63) is 23.8 Å². The van der Waals surface area contributed by atoms with Crippen LogP contribution in [0, 0.1) is 0 Å². The van der Waals surface area contributed by atoms with Crippen LogP contribution in [0.5, 0.6) is 11.5 Å². The Morgan fingerprint density at radius 2 is 1.85 bits per heavy atom. The molecule has 5 nitrogen and oxygen atoms in total. The van der Waals surface area contributed by atoms with Gasteiger partial charge in [-0.1, -0.05) is 6.92 Å². The SMILES string of the molecule is CCCN(C(=O)c1cc(OC)cc(OC)c1)C1CNC1. The van der Waals surface area contributed by atoms with Gasteiger partial charge in [-0.05, 0) is 18.6 Å². The van der Waals surface area contributed by atoms with Crippen LogP contribution in [0.15, 0.2) is 18.2 Å². The van der Waals surface area contributed by atoms with Crippen molar-refractivity contribution in [1.29, 1.82) is 0 Å². The number of amides is 1. The molecule has 1 aromatic carbocycles. The number of benzene rings is 1. The van der Waals surface area contributed by atoms with Crippen LogP contribution in [0.25, 0.3) is 0 Å². The van der Waals surface area contributed by atoms with E-state index in [1.165, 1.54) is 0 Å². The Kier molecular flexibility index (Phi) is 4.84. The monoisotopic (exact) mass is 278 g/mol. The van der Waals surface area contributed by atoms with Crippen molar-refractivity contribution in [2.75, 3.05) is 33.9 Å². The molecular formula is C15H22N2O3. The van der Waals surface area contributed by atoms with Crippen LogP contribution >= 0.6 is 0 Å². The number of methoxy groups -OCH3 is 2. The summed E-state index contributed by atoms with van der Waals surface area (Å²) in [6.45, 7) is 4.59. The first-order chi connectivity index (χ1) is 9.69. The van der Waals surface area contributed by atoms with Gasteiger partial charge < -0.3 is 19.7 Å². The van der Waals surface area contributed by atoms with E-state index in [4.69, 9.17) is 9.47 Å². The first kappa shape index (κ1) is 14.7. The zero-order valence-electron chi connectivity index (χ0n) is 12.3. The maximum atomic E-state index is 12.7. The zero-order chi connectivity index (χ0) is 14.5. The molecule has 0 spiro atoms. The van der Waals surface area contributed by atoms with Crippen molar-refractivity contribution in [2.24, 2.45) is 0 Å². The molecule has 20 heavy (non-hydrogen) atoms. The Bertz CT molecular complexity index is 450. The van der Waals surface area contributed by atoms with Gasteiger partial charge in [-0.3, -0.25) is 4.79 Å². The molecule has 1 aliphatic rings. The quantitative estimate of drug-likeness (QED) is 0.857. The molecular weight excluding hydrogens is 256 g/mol. The summed E-state index contributed by atoms with van der Waals surface area (Å²) < 4.78 is 10.4. The number of hydrogen-bond acceptors (Lipinski definition) is 4. The van der Waals surface area contributed by atoms with Crippen LogP contribution in [-0.4, -0.2) is 50.7 Å². The van der Waals surface area contributed by atoms with E-state index in [2.05, 4.69) is 12.2 Å². The van der Waals surface area contributed by atoms with Gasteiger partial charge in [0.05, 0.1) is 20.3 Å². The Balaban J connectivity index is 2.25. The Morgan fingerprint density at radius 3 is 2.25 bits per heavy atom. The first-order valence-corrected chi connectivity index (χ1v) is 6.94. The lowest BCUT2D eigenvalue weighted by atomic mass is 10.1. The van der Waals surface area contributed by atoms with E-state index in [0.29, 0.717) is 23.1 Å². The highest BCUT2D eigenvalue weighted by Gasteiger charge is 2.28. The van der Waals surface area contributed by atoms with E-state index >= 15 is 0 Å². The number of nitrogens with zero attached hydrogens (tertiary/aromatic N) is 1. The fourth-order valence-corrected chi connectivity index (χ4v) is 2.28.